The van der Waals surface area contributed by atoms with Crippen LogP contribution < -0.4 is 0 Å². The molecular formula is C92H59F10O14S12+5. The van der Waals surface area contributed by atoms with Crippen LogP contribution in [0.25, 0.3) is 0 Å². The summed E-state index contributed by atoms with van der Waals surface area (Å²) in [6.07, 6.45) is 1.68. The summed E-state index contributed by atoms with van der Waals surface area (Å²) in [4.78, 5) is 7.17. The quantitative estimate of drug-likeness (QED) is 0.0819. The Labute approximate surface area is 743 Å². The van der Waals surface area contributed by atoms with Crippen molar-refractivity contribution in [1.29, 1.82) is 0 Å². The fraction of sp³-hybridized carbons (Fsp3) is 0.0217. The van der Waals surface area contributed by atoms with Gasteiger partial charge in [0.25, 0.3) is 0 Å². The van der Waals surface area contributed by atoms with Crippen LogP contribution in [0.5, 0.6) is 0 Å². The van der Waals surface area contributed by atoms with Gasteiger partial charge in [-0.3, -0.25) is 0 Å². The number of halogens is 10. The molecule has 0 bridgehead atoms. The molecule has 14 nitrogen and oxygen atoms in total. The van der Waals surface area contributed by atoms with E-state index in [0.29, 0.717) is 63.6 Å². The molecule has 0 fully saturated rings. The molecule has 0 saturated carbocycles. The van der Waals surface area contributed by atoms with Crippen molar-refractivity contribution in [2.45, 2.75) is 132 Å². The van der Waals surface area contributed by atoms with Crippen molar-refractivity contribution >= 4 is 123 Å². The molecule has 5 aliphatic rings. The molecular weight excluding hydrogens is 1900 g/mol. The summed E-state index contributed by atoms with van der Waals surface area (Å²) >= 11 is 0. The standard InChI is InChI=1S/C19H13F2O4S3.C19H14FO4S3.C18H10F3O2S2.2C18H11F2O2S2/c1-27(22,23)19-13(20)10-12(11-14(19)21)26-15-6-2-4-8-17(15)28(24,25)18-9-5-3-7-16(18)26;1-26(21,22)17-11-10-13(12-14(17)20)25-15-6-2-4-8-18(15)27(23,24)19-9-5-3-7-16(19)25;19-12-9-11(10-13(20)18(12)21)24-14-5-1-3-7-16(14)25(22,23)17-8-4-2-6-15(17)24;19-12-9-13(20)11-14(10-12)23-15-5-1-3-7-17(15)24(21,22)18-8-4-2-6-16(18)23;19-13-10-9-12(11-14(13)20)23-15-5-1-3-7-17(15)24(21,22)18-8-4-2-6-16(18)23/h2-11H,1H3;2-12H,1H3;1-10H;2*1-11H/q5*+1. The van der Waals surface area contributed by atoms with Crippen molar-refractivity contribution in [2.75, 3.05) is 12.5 Å². The molecule has 0 radical (unpaired) electrons. The Morgan fingerprint density at radius 3 is 0.633 bits per heavy atom. The third-order valence-corrected chi connectivity index (χ3v) is 44.5. The van der Waals surface area contributed by atoms with Crippen molar-refractivity contribution in [3.8, 4) is 0 Å². The number of rotatable bonds is 7. The van der Waals surface area contributed by atoms with Crippen LogP contribution in [-0.4, -0.2) is 71.4 Å². The van der Waals surface area contributed by atoms with Gasteiger partial charge in [0.05, 0.1) is 0 Å². The Kier molecular flexibility index (Phi) is 24.6. The average Bonchev–Trinajstić information content (AvgIpc) is 0.752. The van der Waals surface area contributed by atoms with Gasteiger partial charge in [-0.2, -0.15) is 0 Å². The van der Waals surface area contributed by atoms with Crippen LogP contribution in [0.4, 0.5) is 43.9 Å². The molecule has 128 heavy (non-hydrogen) atoms. The van der Waals surface area contributed by atoms with Crippen LogP contribution in [0.15, 0.2) is 454 Å². The van der Waals surface area contributed by atoms with Crippen LogP contribution in [0, 0.1) is 58.2 Å². The maximum absolute atomic E-state index is 14.5. The highest BCUT2D eigenvalue weighted by molar-refractivity contribution is 8.03. The number of fused-ring (bicyclic) bond motifs is 10. The molecule has 36 heteroatoms. The second-order valence-corrected chi connectivity index (χ2v) is 51.4. The molecule has 0 amide bonds. The maximum Gasteiger partial charge on any atom is 0.216 e. The third-order valence-electron chi connectivity index (χ3n) is 20.1. The lowest BCUT2D eigenvalue weighted by Gasteiger charge is -2.19. The number of hydrogen-bond acceptors (Lipinski definition) is 14. The molecule has 648 valence electrons. The van der Waals surface area contributed by atoms with Crippen molar-refractivity contribution < 1.29 is 103 Å². The van der Waals surface area contributed by atoms with E-state index in [1.165, 1.54) is 66.7 Å². The summed E-state index contributed by atoms with van der Waals surface area (Å²) in [7, 11) is -30.9. The Hall–Kier alpha value is -11.0. The lowest BCUT2D eigenvalue weighted by molar-refractivity contribution is 0.443. The molecule has 15 aromatic carbocycles. The molecule has 0 unspecified atom stereocenters. The minimum atomic E-state index is -4.09. The van der Waals surface area contributed by atoms with Crippen LogP contribution in [0.2, 0.25) is 0 Å². The first-order valence-corrected chi connectivity index (χ1v) is 54.7. The zero-order valence-electron chi connectivity index (χ0n) is 65.5. The van der Waals surface area contributed by atoms with Gasteiger partial charge in [0.2, 0.25) is 49.2 Å². The first-order valence-electron chi connectivity index (χ1n) is 37.3. The SMILES string of the molecule is CS(=O)(=O)c1c(F)cc([S+]2c3ccccc3S(=O)(=O)c3ccccc32)cc1F.CS(=O)(=O)c1ccc([S+]2c3ccccc3S(=O)(=O)c3ccccc32)cc1F.O=S1(=O)c2ccccc2[S+](c2cc(F)c(F)c(F)c2)c2ccccc21.O=S1(=O)c2ccccc2[S+](c2cc(F)cc(F)c2)c2ccccc21.O=S1(=O)c2ccccc2[S+](c2ccc(F)c(F)c2)c2ccccc21. The summed E-state index contributed by atoms with van der Waals surface area (Å²) in [5.41, 5.74) is 0. The van der Waals surface area contributed by atoms with Gasteiger partial charge < -0.3 is 0 Å². The van der Waals surface area contributed by atoms with E-state index in [0.717, 1.165) is 55.0 Å². The summed E-state index contributed by atoms with van der Waals surface area (Å²) in [6.45, 7) is 0. The molecule has 0 saturated heterocycles. The highest BCUT2D eigenvalue weighted by Gasteiger charge is 2.52. The van der Waals surface area contributed by atoms with Gasteiger partial charge in [-0.15, -0.1) is 0 Å². The van der Waals surface area contributed by atoms with Crippen molar-refractivity contribution in [2.24, 2.45) is 0 Å². The summed E-state index contributed by atoms with van der Waals surface area (Å²) in [5, 5.41) is 0. The van der Waals surface area contributed by atoms with Crippen molar-refractivity contribution in [3.63, 3.8) is 0 Å². The Balaban J connectivity index is 0.000000118. The topological polar surface area (TPSA) is 239 Å². The van der Waals surface area contributed by atoms with Crippen LogP contribution in [0.1, 0.15) is 0 Å². The third kappa shape index (κ3) is 16.5. The largest absolute Gasteiger partial charge is 0.224 e. The van der Waals surface area contributed by atoms with Crippen LogP contribution in [-0.2, 0) is 123 Å². The lowest BCUT2D eigenvalue weighted by atomic mass is 10.3. The van der Waals surface area contributed by atoms with Crippen LogP contribution >= 0.6 is 0 Å². The molecule has 0 atom stereocenters. The van der Waals surface area contributed by atoms with Gasteiger partial charge in [0, 0.05) is 67.1 Å². The molecule has 0 aromatic heterocycles. The van der Waals surface area contributed by atoms with E-state index in [1.807, 2.05) is 0 Å². The minimum absolute atomic E-state index is 0.0741. The van der Waals surface area contributed by atoms with Crippen LogP contribution in [0.3, 0.4) is 0 Å². The molecule has 15 aromatic rings. The molecule has 5 heterocycles. The summed E-state index contributed by atoms with van der Waals surface area (Å²) in [5.74, 6) is -10.6. The number of hydrogen-bond donors (Lipinski definition) is 0. The van der Waals surface area contributed by atoms with Crippen molar-refractivity contribution in [3.05, 3.63) is 380 Å². The van der Waals surface area contributed by atoms with E-state index in [-0.39, 0.29) is 63.6 Å². The fourth-order valence-corrected chi connectivity index (χ4v) is 39.9. The lowest BCUT2D eigenvalue weighted by Crippen LogP contribution is -2.20. The fourth-order valence-electron chi connectivity index (χ4n) is 14.7. The second-order valence-electron chi connectivity index (χ2n) is 28.3. The van der Waals surface area contributed by atoms with Gasteiger partial charge in [-0.05, 0) is 146 Å². The van der Waals surface area contributed by atoms with Gasteiger partial charge in [-0.1, -0.05) is 121 Å². The molecule has 0 N–H and O–H groups in total. The first kappa shape index (κ1) is 90.4. The summed E-state index contributed by atoms with van der Waals surface area (Å²) < 4.78 is 315. The zero-order chi connectivity index (χ0) is 91.2. The molecule has 0 aliphatic carbocycles. The van der Waals surface area contributed by atoms with E-state index < -0.39 is 186 Å². The average molecular weight is 1960 g/mol. The van der Waals surface area contributed by atoms with Gasteiger partial charge in [-0.25, -0.2) is 103 Å². The smallest absolute Gasteiger partial charge is 0.216 e. The second kappa shape index (κ2) is 34.8. The zero-order valence-corrected chi connectivity index (χ0v) is 75.3. The van der Waals surface area contributed by atoms with Gasteiger partial charge >= 0.3 is 0 Å². The molecule has 20 rings (SSSR count). The monoisotopic (exact) mass is 1960 g/mol. The van der Waals surface area contributed by atoms with Gasteiger partial charge in [0.15, 0.2) is 122 Å². The Morgan fingerprint density at radius 2 is 0.406 bits per heavy atom. The molecule has 0 spiro atoms. The number of benzene rings is 15. The van der Waals surface area contributed by atoms with E-state index in [1.54, 1.807) is 212 Å². The highest BCUT2D eigenvalue weighted by atomic mass is 32.2. The minimum Gasteiger partial charge on any atom is -0.224 e. The van der Waals surface area contributed by atoms with Gasteiger partial charge in [0.1, 0.15) is 142 Å². The predicted octanol–water partition coefficient (Wildman–Crippen LogP) is 19.8. The predicted molar refractivity (Wildman–Crippen MR) is 461 cm³/mol. The van der Waals surface area contributed by atoms with Crippen molar-refractivity contribution in [1.82, 2.24) is 0 Å². The first-order chi connectivity index (χ1) is 60.7. The Bertz CT molecular complexity index is 7680. The van der Waals surface area contributed by atoms with E-state index >= 15 is 0 Å². The number of sulfone groups is 7. The Morgan fingerprint density at radius 1 is 0.203 bits per heavy atom. The van der Waals surface area contributed by atoms with E-state index in [2.05, 4.69) is 0 Å². The highest BCUT2D eigenvalue weighted by Crippen LogP contribution is 2.52. The summed E-state index contributed by atoms with van der Waals surface area (Å²) in [6, 6.07) is 80.1. The van der Waals surface area contributed by atoms with E-state index in [4.69, 9.17) is 0 Å². The normalized spacial score (nSPS) is 15.6. The maximum atomic E-state index is 14.5. The van der Waals surface area contributed by atoms with E-state index in [9.17, 15) is 103 Å². The molecule has 5 aliphatic heterocycles.